The summed E-state index contributed by atoms with van der Waals surface area (Å²) in [5, 5.41) is 2.75. The molecule has 0 unspecified atom stereocenters. The van der Waals surface area contributed by atoms with E-state index < -0.39 is 0 Å². The zero-order valence-corrected chi connectivity index (χ0v) is 14.6. The second-order valence-electron chi connectivity index (χ2n) is 6.72. The molecule has 0 saturated heterocycles. The summed E-state index contributed by atoms with van der Waals surface area (Å²) >= 11 is 0. The number of ketones is 1. The minimum atomic E-state index is -0.264. The molecule has 1 N–H and O–H groups in total. The third-order valence-corrected chi connectivity index (χ3v) is 3.61. The molecule has 0 bridgehead atoms. The molecule has 4 nitrogen and oxygen atoms in total. The smallest absolute Gasteiger partial charge is 0.262 e. The van der Waals surface area contributed by atoms with Gasteiger partial charge in [-0.3, -0.25) is 9.59 Å². The van der Waals surface area contributed by atoms with Crippen molar-refractivity contribution in [3.05, 3.63) is 59.7 Å². The summed E-state index contributed by atoms with van der Waals surface area (Å²) < 4.78 is 5.70. The van der Waals surface area contributed by atoms with Crippen LogP contribution in [-0.2, 0) is 10.2 Å². The zero-order valence-electron chi connectivity index (χ0n) is 14.6. The van der Waals surface area contributed by atoms with Gasteiger partial charge in [-0.2, -0.15) is 0 Å². The van der Waals surface area contributed by atoms with Crippen molar-refractivity contribution in [1.82, 2.24) is 0 Å². The summed E-state index contributed by atoms with van der Waals surface area (Å²) in [6.07, 6.45) is 0. The van der Waals surface area contributed by atoms with E-state index in [1.807, 2.05) is 24.3 Å². The third kappa shape index (κ3) is 4.69. The lowest BCUT2D eigenvalue weighted by Crippen LogP contribution is -2.22. The van der Waals surface area contributed by atoms with Crippen LogP contribution in [0.4, 0.5) is 5.69 Å². The maximum Gasteiger partial charge on any atom is 0.262 e. The minimum Gasteiger partial charge on any atom is -0.483 e. The van der Waals surface area contributed by atoms with Gasteiger partial charge in [0.15, 0.2) is 12.4 Å². The summed E-state index contributed by atoms with van der Waals surface area (Å²) in [4.78, 5) is 23.5. The number of benzene rings is 2. The Morgan fingerprint density at radius 3 is 2.42 bits per heavy atom. The summed E-state index contributed by atoms with van der Waals surface area (Å²) in [5.41, 5.74) is 2.13. The van der Waals surface area contributed by atoms with Gasteiger partial charge < -0.3 is 10.1 Å². The van der Waals surface area contributed by atoms with Crippen molar-refractivity contribution >= 4 is 17.4 Å². The number of hydrogen-bond donors (Lipinski definition) is 1. The van der Waals surface area contributed by atoms with Gasteiger partial charge in [0.05, 0.1) is 0 Å². The molecule has 0 aliphatic rings. The van der Waals surface area contributed by atoms with Gasteiger partial charge in [-0.15, -0.1) is 0 Å². The van der Waals surface area contributed by atoms with E-state index in [0.29, 0.717) is 17.0 Å². The molecule has 2 rings (SSSR count). The largest absolute Gasteiger partial charge is 0.483 e. The van der Waals surface area contributed by atoms with Crippen LogP contribution in [0.3, 0.4) is 0 Å². The minimum absolute atomic E-state index is 0.0403. The lowest BCUT2D eigenvalue weighted by Gasteiger charge is -2.22. The van der Waals surface area contributed by atoms with Gasteiger partial charge >= 0.3 is 0 Å². The van der Waals surface area contributed by atoms with E-state index in [4.69, 9.17) is 4.74 Å². The molecular formula is C20H23NO3. The van der Waals surface area contributed by atoms with Crippen LogP contribution in [-0.4, -0.2) is 18.3 Å². The van der Waals surface area contributed by atoms with Gasteiger partial charge in [0.2, 0.25) is 0 Å². The molecule has 0 radical (unpaired) electrons. The van der Waals surface area contributed by atoms with Crippen LogP contribution in [0.2, 0.25) is 0 Å². The second-order valence-corrected chi connectivity index (χ2v) is 6.72. The fourth-order valence-electron chi connectivity index (χ4n) is 2.37. The molecule has 0 aromatic heterocycles. The van der Waals surface area contributed by atoms with Crippen LogP contribution in [0.25, 0.3) is 0 Å². The summed E-state index contributed by atoms with van der Waals surface area (Å²) in [7, 11) is 0. The molecule has 0 spiro atoms. The molecule has 126 valence electrons. The molecule has 0 atom stereocenters. The number of hydrogen-bond acceptors (Lipinski definition) is 3. The molecule has 0 heterocycles. The quantitative estimate of drug-likeness (QED) is 0.838. The summed E-state index contributed by atoms with van der Waals surface area (Å²) in [5.74, 6) is 0.401. The first-order valence-corrected chi connectivity index (χ1v) is 7.90. The number of para-hydroxylation sites is 1. The van der Waals surface area contributed by atoms with Crippen molar-refractivity contribution in [2.24, 2.45) is 0 Å². The van der Waals surface area contributed by atoms with Crippen LogP contribution in [0, 0.1) is 0 Å². The number of Topliss-reactive ketones (excluding diaryl/α,β-unsaturated/α-hetero) is 1. The average Bonchev–Trinajstić information content (AvgIpc) is 2.52. The molecule has 4 heteroatoms. The van der Waals surface area contributed by atoms with E-state index in [9.17, 15) is 9.59 Å². The number of amides is 1. The van der Waals surface area contributed by atoms with Gasteiger partial charge in [-0.25, -0.2) is 0 Å². The molecule has 0 aliphatic heterocycles. The molecule has 0 saturated carbocycles. The Bertz CT molecular complexity index is 745. The zero-order chi connectivity index (χ0) is 17.7. The van der Waals surface area contributed by atoms with Crippen molar-refractivity contribution in [3.63, 3.8) is 0 Å². The van der Waals surface area contributed by atoms with E-state index in [1.165, 1.54) is 6.92 Å². The van der Waals surface area contributed by atoms with Gasteiger partial charge in [-0.05, 0) is 36.1 Å². The number of rotatable bonds is 5. The Labute approximate surface area is 142 Å². The first-order chi connectivity index (χ1) is 11.3. The highest BCUT2D eigenvalue weighted by Gasteiger charge is 2.18. The monoisotopic (exact) mass is 325 g/mol. The molecule has 2 aromatic rings. The van der Waals surface area contributed by atoms with Crippen LogP contribution < -0.4 is 10.1 Å². The van der Waals surface area contributed by atoms with Crippen LogP contribution in [0.15, 0.2) is 48.5 Å². The van der Waals surface area contributed by atoms with Crippen LogP contribution in [0.5, 0.6) is 5.75 Å². The Kier molecular flexibility index (Phi) is 5.39. The van der Waals surface area contributed by atoms with Crippen LogP contribution >= 0.6 is 0 Å². The van der Waals surface area contributed by atoms with Crippen molar-refractivity contribution in [2.75, 3.05) is 11.9 Å². The van der Waals surface area contributed by atoms with Gasteiger partial charge in [0, 0.05) is 11.3 Å². The van der Waals surface area contributed by atoms with Crippen LogP contribution in [0.1, 0.15) is 43.6 Å². The number of anilines is 1. The van der Waals surface area contributed by atoms with E-state index in [1.54, 1.807) is 24.3 Å². The normalized spacial score (nSPS) is 11.0. The summed E-state index contributed by atoms with van der Waals surface area (Å²) in [6.45, 7) is 7.71. The fourth-order valence-corrected chi connectivity index (χ4v) is 2.37. The molecule has 2 aromatic carbocycles. The topological polar surface area (TPSA) is 55.4 Å². The lowest BCUT2D eigenvalue weighted by molar-refractivity contribution is -0.118. The van der Waals surface area contributed by atoms with Gasteiger partial charge in [0.25, 0.3) is 5.91 Å². The standard InChI is InChI=1S/C20H23NO3/c1-14(22)15-8-7-9-16(12-15)21-19(23)13-24-18-11-6-5-10-17(18)20(2,3)4/h5-12H,13H2,1-4H3,(H,21,23). The molecule has 0 aliphatic carbocycles. The van der Waals surface area contributed by atoms with E-state index in [-0.39, 0.29) is 23.7 Å². The third-order valence-electron chi connectivity index (χ3n) is 3.61. The molecule has 0 fully saturated rings. The number of ether oxygens (including phenoxy) is 1. The highest BCUT2D eigenvalue weighted by molar-refractivity contribution is 5.97. The SMILES string of the molecule is CC(=O)c1cccc(NC(=O)COc2ccccc2C(C)(C)C)c1. The highest BCUT2D eigenvalue weighted by atomic mass is 16.5. The van der Waals surface area contributed by atoms with Crippen molar-refractivity contribution in [2.45, 2.75) is 33.1 Å². The number of carbonyl (C=O) groups is 2. The highest BCUT2D eigenvalue weighted by Crippen LogP contribution is 2.30. The molecule has 1 amide bonds. The number of carbonyl (C=O) groups excluding carboxylic acids is 2. The summed E-state index contributed by atoms with van der Waals surface area (Å²) in [6, 6.07) is 14.6. The molecular weight excluding hydrogens is 302 g/mol. The maximum absolute atomic E-state index is 12.1. The number of nitrogens with one attached hydrogen (secondary N) is 1. The Hall–Kier alpha value is -2.62. The maximum atomic E-state index is 12.1. The Balaban J connectivity index is 2.02. The predicted octanol–water partition coefficient (Wildman–Crippen LogP) is 4.20. The predicted molar refractivity (Wildman–Crippen MR) is 95.7 cm³/mol. The fraction of sp³-hybridized carbons (Fsp3) is 0.300. The van der Waals surface area contributed by atoms with Gasteiger partial charge in [-0.1, -0.05) is 51.1 Å². The van der Waals surface area contributed by atoms with Crippen molar-refractivity contribution in [3.8, 4) is 5.75 Å². The Morgan fingerprint density at radius 1 is 1.04 bits per heavy atom. The molecule has 24 heavy (non-hydrogen) atoms. The van der Waals surface area contributed by atoms with E-state index in [0.717, 1.165) is 5.56 Å². The van der Waals surface area contributed by atoms with E-state index in [2.05, 4.69) is 26.1 Å². The first-order valence-electron chi connectivity index (χ1n) is 7.90. The average molecular weight is 325 g/mol. The van der Waals surface area contributed by atoms with Crippen molar-refractivity contribution in [1.29, 1.82) is 0 Å². The van der Waals surface area contributed by atoms with E-state index >= 15 is 0 Å². The lowest BCUT2D eigenvalue weighted by atomic mass is 9.86. The first kappa shape index (κ1) is 17.7. The van der Waals surface area contributed by atoms with Crippen molar-refractivity contribution < 1.29 is 14.3 Å². The Morgan fingerprint density at radius 2 is 1.75 bits per heavy atom. The second kappa shape index (κ2) is 7.30. The van der Waals surface area contributed by atoms with Gasteiger partial charge in [0.1, 0.15) is 5.75 Å².